The van der Waals surface area contributed by atoms with E-state index in [2.05, 4.69) is 19.9 Å². The maximum atomic E-state index is 13.0. The average molecular weight is 344 g/mol. The lowest BCUT2D eigenvalue weighted by atomic mass is 10.2. The van der Waals surface area contributed by atoms with Crippen molar-refractivity contribution in [3.63, 3.8) is 0 Å². The van der Waals surface area contributed by atoms with Crippen LogP contribution in [0.4, 0.5) is 10.1 Å². The quantitative estimate of drug-likeness (QED) is 0.681. The molecule has 1 aliphatic rings. The second-order valence-electron chi connectivity index (χ2n) is 6.40. The van der Waals surface area contributed by atoms with Crippen molar-refractivity contribution >= 4 is 11.6 Å². The zero-order valence-corrected chi connectivity index (χ0v) is 15.0. The third-order valence-corrected chi connectivity index (χ3v) is 4.85. The van der Waals surface area contributed by atoms with Crippen LogP contribution in [0.1, 0.15) is 17.0 Å². The van der Waals surface area contributed by atoms with Crippen molar-refractivity contribution in [1.82, 2.24) is 14.7 Å². The van der Waals surface area contributed by atoms with Gasteiger partial charge in [0.2, 0.25) is 0 Å². The molecule has 6 nitrogen and oxygen atoms in total. The standard InChI is InChI=1S/C18H25FN6/c1-13-17(14(2)23(3)22-13)12-21-18(20)25-10-8-24(9-11-25)16-6-4-15(19)5-7-16/h4-7H,8-12H2,1-3H3,(H2,20,21). The van der Waals surface area contributed by atoms with Gasteiger partial charge in [-0.3, -0.25) is 4.68 Å². The van der Waals surface area contributed by atoms with E-state index in [1.54, 1.807) is 0 Å². The largest absolute Gasteiger partial charge is 0.370 e. The number of rotatable bonds is 3. The Labute approximate surface area is 147 Å². The van der Waals surface area contributed by atoms with E-state index in [4.69, 9.17) is 5.73 Å². The summed E-state index contributed by atoms with van der Waals surface area (Å²) in [4.78, 5) is 8.89. The number of piperazine rings is 1. The molecule has 0 unspecified atom stereocenters. The smallest absolute Gasteiger partial charge is 0.191 e. The summed E-state index contributed by atoms with van der Waals surface area (Å²) in [6.07, 6.45) is 0. The lowest BCUT2D eigenvalue weighted by Crippen LogP contribution is -2.51. The van der Waals surface area contributed by atoms with Crippen LogP contribution in [0.5, 0.6) is 0 Å². The number of aliphatic imine (C=N–C) groups is 1. The number of nitrogens with zero attached hydrogens (tertiary/aromatic N) is 5. The van der Waals surface area contributed by atoms with Crippen LogP contribution >= 0.6 is 0 Å². The first kappa shape index (κ1) is 17.3. The van der Waals surface area contributed by atoms with Crippen molar-refractivity contribution in [3.8, 4) is 0 Å². The number of hydrogen-bond acceptors (Lipinski definition) is 3. The number of benzene rings is 1. The maximum Gasteiger partial charge on any atom is 0.191 e. The topological polar surface area (TPSA) is 62.7 Å². The van der Waals surface area contributed by atoms with Gasteiger partial charge in [-0.25, -0.2) is 9.38 Å². The van der Waals surface area contributed by atoms with E-state index in [-0.39, 0.29) is 5.82 Å². The summed E-state index contributed by atoms with van der Waals surface area (Å²) in [5.74, 6) is 0.362. The van der Waals surface area contributed by atoms with Crippen molar-refractivity contribution < 1.29 is 4.39 Å². The van der Waals surface area contributed by atoms with Gasteiger partial charge in [-0.15, -0.1) is 0 Å². The predicted molar refractivity (Wildman–Crippen MR) is 98.2 cm³/mol. The zero-order chi connectivity index (χ0) is 18.0. The Bertz CT molecular complexity index is 757. The second kappa shape index (κ2) is 7.13. The molecule has 3 rings (SSSR count). The molecule has 0 spiro atoms. The Morgan fingerprint density at radius 3 is 2.36 bits per heavy atom. The lowest BCUT2D eigenvalue weighted by molar-refractivity contribution is 0.380. The highest BCUT2D eigenvalue weighted by molar-refractivity contribution is 5.78. The molecule has 134 valence electrons. The second-order valence-corrected chi connectivity index (χ2v) is 6.40. The highest BCUT2D eigenvalue weighted by Gasteiger charge is 2.19. The van der Waals surface area contributed by atoms with Gasteiger partial charge in [0.05, 0.1) is 12.2 Å². The molecule has 2 aromatic rings. The molecule has 0 radical (unpaired) electrons. The average Bonchev–Trinajstić information content (AvgIpc) is 2.86. The van der Waals surface area contributed by atoms with Crippen molar-refractivity contribution in [2.75, 3.05) is 31.1 Å². The molecule has 2 N–H and O–H groups in total. The van der Waals surface area contributed by atoms with E-state index in [0.29, 0.717) is 12.5 Å². The fraction of sp³-hybridized carbons (Fsp3) is 0.444. The van der Waals surface area contributed by atoms with Gasteiger partial charge in [-0.05, 0) is 38.1 Å². The van der Waals surface area contributed by atoms with Crippen molar-refractivity contribution in [2.24, 2.45) is 17.8 Å². The van der Waals surface area contributed by atoms with E-state index in [0.717, 1.165) is 48.8 Å². The summed E-state index contributed by atoms with van der Waals surface area (Å²) in [6, 6.07) is 6.62. The number of halogens is 1. The Balaban J connectivity index is 1.59. The lowest BCUT2D eigenvalue weighted by Gasteiger charge is -2.36. The minimum absolute atomic E-state index is 0.209. The molecule has 1 saturated heterocycles. The minimum Gasteiger partial charge on any atom is -0.370 e. The van der Waals surface area contributed by atoms with Crippen molar-refractivity contribution in [1.29, 1.82) is 0 Å². The predicted octanol–water partition coefficient (Wildman–Crippen LogP) is 1.81. The van der Waals surface area contributed by atoms with Crippen LogP contribution < -0.4 is 10.6 Å². The molecule has 0 bridgehead atoms. The van der Waals surface area contributed by atoms with Gasteiger partial charge in [-0.1, -0.05) is 0 Å². The first-order chi connectivity index (χ1) is 12.0. The highest BCUT2D eigenvalue weighted by atomic mass is 19.1. The van der Waals surface area contributed by atoms with Gasteiger partial charge in [0.1, 0.15) is 5.82 Å². The monoisotopic (exact) mass is 344 g/mol. The number of hydrogen-bond donors (Lipinski definition) is 1. The first-order valence-corrected chi connectivity index (χ1v) is 8.50. The normalized spacial score (nSPS) is 15.8. The molecule has 0 atom stereocenters. The van der Waals surface area contributed by atoms with Crippen LogP contribution in [0.3, 0.4) is 0 Å². The third-order valence-electron chi connectivity index (χ3n) is 4.85. The van der Waals surface area contributed by atoms with Crippen LogP contribution in [0.15, 0.2) is 29.3 Å². The van der Waals surface area contributed by atoms with E-state index >= 15 is 0 Å². The van der Waals surface area contributed by atoms with E-state index in [1.807, 2.05) is 37.7 Å². The van der Waals surface area contributed by atoms with Gasteiger partial charge in [-0.2, -0.15) is 5.10 Å². The van der Waals surface area contributed by atoms with Crippen molar-refractivity contribution in [3.05, 3.63) is 47.0 Å². The summed E-state index contributed by atoms with van der Waals surface area (Å²) in [6.45, 7) is 7.88. The molecule has 0 aliphatic carbocycles. The Morgan fingerprint density at radius 2 is 1.80 bits per heavy atom. The van der Waals surface area contributed by atoms with Crippen LogP contribution in [0.25, 0.3) is 0 Å². The summed E-state index contributed by atoms with van der Waals surface area (Å²) >= 11 is 0. The SMILES string of the molecule is Cc1nn(C)c(C)c1CN=C(N)N1CCN(c2ccc(F)cc2)CC1. The molecule has 25 heavy (non-hydrogen) atoms. The van der Waals surface area contributed by atoms with E-state index in [9.17, 15) is 4.39 Å². The van der Waals surface area contributed by atoms with Gasteiger partial charge in [0, 0.05) is 50.2 Å². The fourth-order valence-electron chi connectivity index (χ4n) is 3.15. The van der Waals surface area contributed by atoms with E-state index in [1.165, 1.54) is 12.1 Å². The van der Waals surface area contributed by atoms with Crippen LogP contribution in [0, 0.1) is 19.7 Å². The summed E-state index contributed by atoms with van der Waals surface area (Å²) in [5, 5.41) is 4.41. The van der Waals surface area contributed by atoms with Crippen molar-refractivity contribution in [2.45, 2.75) is 20.4 Å². The molecule has 2 heterocycles. The molecule has 0 amide bonds. The Morgan fingerprint density at radius 1 is 1.16 bits per heavy atom. The van der Waals surface area contributed by atoms with Crippen LogP contribution in [-0.2, 0) is 13.6 Å². The highest BCUT2D eigenvalue weighted by Crippen LogP contribution is 2.17. The number of nitrogens with two attached hydrogens (primary N) is 1. The maximum absolute atomic E-state index is 13.0. The molecule has 1 fully saturated rings. The Kier molecular flexibility index (Phi) is 4.92. The minimum atomic E-state index is -0.209. The number of guanidine groups is 1. The van der Waals surface area contributed by atoms with Gasteiger partial charge in [0.25, 0.3) is 0 Å². The Hall–Kier alpha value is -2.57. The number of aryl methyl sites for hydroxylation is 2. The zero-order valence-electron chi connectivity index (χ0n) is 15.0. The molecular formula is C18H25FN6. The number of aromatic nitrogens is 2. The van der Waals surface area contributed by atoms with Crippen LogP contribution in [0.2, 0.25) is 0 Å². The van der Waals surface area contributed by atoms with E-state index < -0.39 is 0 Å². The summed E-state index contributed by atoms with van der Waals surface area (Å²) in [7, 11) is 1.94. The summed E-state index contributed by atoms with van der Waals surface area (Å²) < 4.78 is 14.9. The van der Waals surface area contributed by atoms with Gasteiger partial charge in [0.15, 0.2) is 5.96 Å². The first-order valence-electron chi connectivity index (χ1n) is 8.50. The fourth-order valence-corrected chi connectivity index (χ4v) is 3.15. The molecule has 1 aromatic heterocycles. The van der Waals surface area contributed by atoms with Gasteiger partial charge >= 0.3 is 0 Å². The molecule has 7 heteroatoms. The molecular weight excluding hydrogens is 319 g/mol. The molecule has 1 aromatic carbocycles. The van der Waals surface area contributed by atoms with Gasteiger partial charge < -0.3 is 15.5 Å². The molecule has 1 aliphatic heterocycles. The van der Waals surface area contributed by atoms with Crippen LogP contribution in [-0.4, -0.2) is 46.8 Å². The third kappa shape index (κ3) is 3.75. The molecule has 0 saturated carbocycles. The number of anilines is 1. The summed E-state index contributed by atoms with van der Waals surface area (Å²) in [5.41, 5.74) is 10.5.